The van der Waals surface area contributed by atoms with E-state index in [1.54, 1.807) is 0 Å². The van der Waals surface area contributed by atoms with Crippen molar-refractivity contribution in [2.75, 3.05) is 0 Å². The molecule has 1 aliphatic rings. The molecule has 1 aliphatic carbocycles. The van der Waals surface area contributed by atoms with E-state index in [1.165, 1.54) is 71.6 Å². The van der Waals surface area contributed by atoms with Gasteiger partial charge in [-0.3, -0.25) is 0 Å². The summed E-state index contributed by atoms with van der Waals surface area (Å²) in [5.41, 5.74) is 16.9. The second-order valence-electron chi connectivity index (χ2n) is 16.1. The van der Waals surface area contributed by atoms with Crippen LogP contribution in [0.25, 0.3) is 100.0 Å². The molecule has 0 fully saturated rings. The van der Waals surface area contributed by atoms with E-state index in [9.17, 15) is 0 Å². The average Bonchev–Trinajstić information content (AvgIpc) is 3.56. The molecule has 10 aromatic rings. The Morgan fingerprint density at radius 2 is 0.661 bits per heavy atom. The van der Waals surface area contributed by atoms with E-state index in [-0.39, 0.29) is 5.41 Å². The Hall–Kier alpha value is -7.42. The third-order valence-corrected chi connectivity index (χ3v) is 12.2. The van der Waals surface area contributed by atoms with Gasteiger partial charge in [0.25, 0.3) is 0 Å². The lowest BCUT2D eigenvalue weighted by Gasteiger charge is -2.25. The lowest BCUT2D eigenvalue weighted by atomic mass is 9.78. The minimum Gasteiger partial charge on any atom is -0.228 e. The highest BCUT2D eigenvalue weighted by Gasteiger charge is 2.42. The Kier molecular flexibility index (Phi) is 8.20. The van der Waals surface area contributed by atoms with Gasteiger partial charge in [0.2, 0.25) is 0 Å². The molecule has 0 spiro atoms. The highest BCUT2D eigenvalue weighted by molar-refractivity contribution is 6.18. The van der Waals surface area contributed by atoms with Gasteiger partial charge in [-0.1, -0.05) is 190 Å². The summed E-state index contributed by atoms with van der Waals surface area (Å²) in [6.07, 6.45) is 0. The molecule has 1 heterocycles. The lowest BCUT2D eigenvalue weighted by molar-refractivity contribution is 0.664. The summed E-state index contributed by atoms with van der Waals surface area (Å²) < 4.78 is 0. The highest BCUT2D eigenvalue weighted by Crippen LogP contribution is 2.56. The number of aromatic nitrogens is 2. The van der Waals surface area contributed by atoms with Crippen LogP contribution in [0.15, 0.2) is 206 Å². The van der Waals surface area contributed by atoms with Gasteiger partial charge in [-0.25, -0.2) is 9.97 Å². The summed E-state index contributed by atoms with van der Waals surface area (Å²) in [5.74, 6) is 0.726. The molecule has 0 unspecified atom stereocenters. The first-order chi connectivity index (χ1) is 29.0. The molecule has 9 aromatic carbocycles. The van der Waals surface area contributed by atoms with Crippen molar-refractivity contribution >= 4 is 21.5 Å². The van der Waals surface area contributed by atoms with Crippen LogP contribution in [0, 0.1) is 0 Å². The van der Waals surface area contributed by atoms with Gasteiger partial charge >= 0.3 is 0 Å². The number of hydrogen-bond donors (Lipinski definition) is 0. The summed E-state index contributed by atoms with van der Waals surface area (Å²) in [6, 6.07) is 74.2. The standard InChI is InChI=1S/C57H40N2/c1-57(2)52-50-31-15-13-29-48(50)47-28-12-14-30-49(47)51(52)55-53(57)54(39-22-10-5-11-23-39)58-56(59-55)43-27-17-25-41(33-43)40-24-16-26-42(32-40)46-35-44(37-18-6-3-7-19-37)34-45(36-46)38-20-8-4-9-21-38/h3-36H,1-2H3. The fraction of sp³-hybridized carbons (Fsp3) is 0.0526. The molecule has 2 heteroatoms. The van der Waals surface area contributed by atoms with E-state index in [0.717, 1.165) is 39.5 Å². The van der Waals surface area contributed by atoms with Crippen molar-refractivity contribution in [1.82, 2.24) is 9.97 Å². The molecule has 0 N–H and O–H groups in total. The molecule has 11 rings (SSSR count). The first-order valence-corrected chi connectivity index (χ1v) is 20.4. The van der Waals surface area contributed by atoms with E-state index in [2.05, 4.69) is 220 Å². The first-order valence-electron chi connectivity index (χ1n) is 20.4. The molecule has 1 aromatic heterocycles. The van der Waals surface area contributed by atoms with Gasteiger partial charge < -0.3 is 0 Å². The number of benzene rings is 9. The second-order valence-corrected chi connectivity index (χ2v) is 16.1. The van der Waals surface area contributed by atoms with Crippen LogP contribution in [0.5, 0.6) is 0 Å². The number of rotatable bonds is 6. The van der Waals surface area contributed by atoms with Crippen molar-refractivity contribution in [2.45, 2.75) is 19.3 Å². The van der Waals surface area contributed by atoms with Crippen molar-refractivity contribution < 1.29 is 0 Å². The van der Waals surface area contributed by atoms with E-state index in [0.29, 0.717) is 0 Å². The Bertz CT molecular complexity index is 3160. The molecule has 0 bridgehead atoms. The van der Waals surface area contributed by atoms with Gasteiger partial charge in [0.15, 0.2) is 5.82 Å². The predicted molar refractivity (Wildman–Crippen MR) is 247 cm³/mol. The van der Waals surface area contributed by atoms with Crippen LogP contribution in [0.1, 0.15) is 25.0 Å². The maximum Gasteiger partial charge on any atom is 0.160 e. The molecule has 0 aliphatic heterocycles. The Morgan fingerprint density at radius 3 is 1.24 bits per heavy atom. The van der Waals surface area contributed by atoms with Crippen molar-refractivity contribution in [3.63, 3.8) is 0 Å². The number of nitrogens with zero attached hydrogens (tertiary/aromatic N) is 2. The third-order valence-electron chi connectivity index (χ3n) is 12.2. The molecule has 0 amide bonds. The van der Waals surface area contributed by atoms with Crippen molar-refractivity contribution in [1.29, 1.82) is 0 Å². The third kappa shape index (κ3) is 5.87. The quantitative estimate of drug-likeness (QED) is 0.158. The number of fused-ring (bicyclic) bond motifs is 8. The van der Waals surface area contributed by atoms with E-state index in [1.807, 2.05) is 0 Å². The summed E-state index contributed by atoms with van der Waals surface area (Å²) in [6.45, 7) is 4.70. The summed E-state index contributed by atoms with van der Waals surface area (Å²) in [7, 11) is 0. The SMILES string of the molecule is CC1(C)c2c(-c3ccccc3)nc(-c3cccc(-c4cccc(-c5cc(-c6ccccc6)cc(-c6ccccc6)c5)c4)c3)nc2-c2c1c1ccccc1c1ccccc21. The minimum atomic E-state index is -0.335. The fourth-order valence-corrected chi connectivity index (χ4v) is 9.43. The smallest absolute Gasteiger partial charge is 0.160 e. The first kappa shape index (κ1) is 34.8. The van der Waals surface area contributed by atoms with Crippen molar-refractivity contribution in [3.05, 3.63) is 217 Å². The predicted octanol–water partition coefficient (Wildman–Crippen LogP) is 15.1. The zero-order chi connectivity index (χ0) is 39.5. The van der Waals surface area contributed by atoms with Crippen LogP contribution < -0.4 is 0 Å². The highest BCUT2D eigenvalue weighted by atomic mass is 14.9. The van der Waals surface area contributed by atoms with Crippen LogP contribution >= 0.6 is 0 Å². The van der Waals surface area contributed by atoms with Gasteiger partial charge in [-0.05, 0) is 102 Å². The molecule has 0 saturated carbocycles. The molecular formula is C57H40N2. The largest absolute Gasteiger partial charge is 0.228 e. The van der Waals surface area contributed by atoms with Crippen LogP contribution in [-0.2, 0) is 5.41 Å². The average molecular weight is 753 g/mol. The molecule has 0 saturated heterocycles. The summed E-state index contributed by atoms with van der Waals surface area (Å²) in [4.78, 5) is 11.1. The fourth-order valence-electron chi connectivity index (χ4n) is 9.43. The Morgan fingerprint density at radius 1 is 0.288 bits per heavy atom. The second kappa shape index (κ2) is 13.9. The van der Waals surface area contributed by atoms with Crippen LogP contribution in [0.3, 0.4) is 0 Å². The molecule has 2 nitrogen and oxygen atoms in total. The maximum absolute atomic E-state index is 5.57. The molecule has 59 heavy (non-hydrogen) atoms. The monoisotopic (exact) mass is 752 g/mol. The minimum absolute atomic E-state index is 0.335. The zero-order valence-electron chi connectivity index (χ0n) is 33.0. The summed E-state index contributed by atoms with van der Waals surface area (Å²) in [5, 5.41) is 5.03. The number of hydrogen-bond acceptors (Lipinski definition) is 2. The zero-order valence-corrected chi connectivity index (χ0v) is 33.0. The topological polar surface area (TPSA) is 25.8 Å². The van der Waals surface area contributed by atoms with Crippen molar-refractivity contribution in [3.8, 4) is 78.4 Å². The molecular weight excluding hydrogens is 713 g/mol. The molecule has 0 radical (unpaired) electrons. The Labute approximate surface area is 345 Å². The van der Waals surface area contributed by atoms with Crippen molar-refractivity contribution in [2.24, 2.45) is 0 Å². The van der Waals surface area contributed by atoms with Gasteiger partial charge in [-0.2, -0.15) is 0 Å². The Balaban J connectivity index is 1.07. The van der Waals surface area contributed by atoms with Gasteiger partial charge in [0.1, 0.15) is 0 Å². The van der Waals surface area contributed by atoms with Crippen LogP contribution in [-0.4, -0.2) is 9.97 Å². The van der Waals surface area contributed by atoms with Crippen LogP contribution in [0.2, 0.25) is 0 Å². The van der Waals surface area contributed by atoms with Gasteiger partial charge in [-0.15, -0.1) is 0 Å². The van der Waals surface area contributed by atoms with Crippen LogP contribution in [0.4, 0.5) is 0 Å². The van der Waals surface area contributed by atoms with E-state index in [4.69, 9.17) is 9.97 Å². The summed E-state index contributed by atoms with van der Waals surface area (Å²) >= 11 is 0. The lowest BCUT2D eigenvalue weighted by Crippen LogP contribution is -2.18. The maximum atomic E-state index is 5.57. The van der Waals surface area contributed by atoms with E-state index < -0.39 is 0 Å². The van der Waals surface area contributed by atoms with Gasteiger partial charge in [0.05, 0.1) is 11.4 Å². The molecule has 0 atom stereocenters. The van der Waals surface area contributed by atoms with Gasteiger partial charge in [0, 0.05) is 27.7 Å². The molecule has 278 valence electrons. The normalized spacial score (nSPS) is 12.7. The van der Waals surface area contributed by atoms with E-state index >= 15 is 0 Å².